The van der Waals surface area contributed by atoms with Crippen LogP contribution >= 0.6 is 11.3 Å². The van der Waals surface area contributed by atoms with Gasteiger partial charge in [0.15, 0.2) is 0 Å². The van der Waals surface area contributed by atoms with Crippen molar-refractivity contribution in [3.05, 3.63) is 40.3 Å². The summed E-state index contributed by atoms with van der Waals surface area (Å²) < 4.78 is 0. The molecule has 1 aromatic heterocycles. The Morgan fingerprint density at radius 2 is 1.90 bits per heavy atom. The molecule has 0 atom stereocenters. The van der Waals surface area contributed by atoms with Gasteiger partial charge in [-0.25, -0.2) is 4.79 Å². The average molecular weight is 303 g/mol. The zero-order valence-corrected chi connectivity index (χ0v) is 13.0. The molecule has 4 nitrogen and oxygen atoms in total. The molecule has 2 N–H and O–H groups in total. The van der Waals surface area contributed by atoms with Crippen molar-refractivity contribution in [2.45, 2.75) is 27.2 Å². The molecular weight excluding hydrogens is 286 g/mol. The van der Waals surface area contributed by atoms with Crippen LogP contribution in [0.4, 0.5) is 5.69 Å². The summed E-state index contributed by atoms with van der Waals surface area (Å²) in [6, 6.07) is 7.73. The normalized spacial score (nSPS) is 10.4. The van der Waals surface area contributed by atoms with Gasteiger partial charge in [-0.15, -0.1) is 11.3 Å². The maximum Gasteiger partial charge on any atom is 0.348 e. The fourth-order valence-corrected chi connectivity index (χ4v) is 2.87. The molecule has 1 heterocycles. The van der Waals surface area contributed by atoms with Gasteiger partial charge in [0.2, 0.25) is 5.91 Å². The highest BCUT2D eigenvalue weighted by atomic mass is 32.1. The minimum absolute atomic E-state index is 0.157. The van der Waals surface area contributed by atoms with Crippen molar-refractivity contribution in [1.29, 1.82) is 0 Å². The standard InChI is InChI=1S/C16H17NO3S/c1-4-14(18)17-12-8-13(21-15(12)16(19)20)11-6-5-9(2)10(3)7-11/h5-8H,4H2,1-3H3,(H,17,18)(H,19,20). The van der Waals surface area contributed by atoms with Crippen LogP contribution in [0, 0.1) is 13.8 Å². The van der Waals surface area contributed by atoms with E-state index in [2.05, 4.69) is 5.32 Å². The summed E-state index contributed by atoms with van der Waals surface area (Å²) in [4.78, 5) is 23.8. The van der Waals surface area contributed by atoms with E-state index in [1.54, 1.807) is 13.0 Å². The largest absolute Gasteiger partial charge is 0.477 e. The quantitative estimate of drug-likeness (QED) is 0.894. The number of benzene rings is 1. The number of hydrogen-bond donors (Lipinski definition) is 2. The summed E-state index contributed by atoms with van der Waals surface area (Å²) in [6.45, 7) is 5.78. The number of amides is 1. The average Bonchev–Trinajstić information content (AvgIpc) is 2.85. The molecule has 0 fully saturated rings. The summed E-state index contributed by atoms with van der Waals surface area (Å²) in [5, 5.41) is 11.9. The number of anilines is 1. The Labute approximate surface area is 127 Å². The molecule has 0 saturated carbocycles. The molecule has 0 aliphatic heterocycles. The van der Waals surface area contributed by atoms with E-state index in [1.807, 2.05) is 32.0 Å². The second-order valence-corrected chi connectivity index (χ2v) is 5.91. The fourth-order valence-electron chi connectivity index (χ4n) is 1.92. The van der Waals surface area contributed by atoms with Crippen molar-refractivity contribution in [2.24, 2.45) is 0 Å². The number of carboxylic acid groups (broad SMARTS) is 1. The molecule has 0 unspecified atom stereocenters. The van der Waals surface area contributed by atoms with Gasteiger partial charge >= 0.3 is 5.97 Å². The van der Waals surface area contributed by atoms with Crippen molar-refractivity contribution in [1.82, 2.24) is 0 Å². The third kappa shape index (κ3) is 3.31. The predicted octanol–water partition coefficient (Wildman–Crippen LogP) is 4.08. The molecule has 0 aliphatic carbocycles. The first-order valence-corrected chi connectivity index (χ1v) is 7.48. The molecule has 0 bridgehead atoms. The number of nitrogens with one attached hydrogen (secondary N) is 1. The molecule has 0 saturated heterocycles. The minimum atomic E-state index is -1.03. The van der Waals surface area contributed by atoms with Crippen LogP contribution in [0.15, 0.2) is 24.3 Å². The van der Waals surface area contributed by atoms with Gasteiger partial charge in [-0.3, -0.25) is 4.79 Å². The van der Waals surface area contributed by atoms with Crippen LogP contribution in [0.2, 0.25) is 0 Å². The highest BCUT2D eigenvalue weighted by Gasteiger charge is 2.17. The summed E-state index contributed by atoms with van der Waals surface area (Å²) in [7, 11) is 0. The van der Waals surface area contributed by atoms with E-state index in [1.165, 1.54) is 16.9 Å². The van der Waals surface area contributed by atoms with Gasteiger partial charge in [0.1, 0.15) is 4.88 Å². The molecule has 0 radical (unpaired) electrons. The molecule has 2 aromatic rings. The second kappa shape index (κ2) is 6.10. The minimum Gasteiger partial charge on any atom is -0.477 e. The fraction of sp³-hybridized carbons (Fsp3) is 0.250. The van der Waals surface area contributed by atoms with Gasteiger partial charge in [0, 0.05) is 11.3 Å². The number of aryl methyl sites for hydroxylation is 2. The summed E-state index contributed by atoms with van der Waals surface area (Å²) in [5.74, 6) is -1.22. The summed E-state index contributed by atoms with van der Waals surface area (Å²) in [6.07, 6.45) is 0.313. The molecule has 1 aromatic carbocycles. The van der Waals surface area contributed by atoms with Gasteiger partial charge in [-0.05, 0) is 36.6 Å². The number of aromatic carboxylic acids is 1. The summed E-state index contributed by atoms with van der Waals surface area (Å²) in [5.41, 5.74) is 3.67. The lowest BCUT2D eigenvalue weighted by Gasteiger charge is -2.03. The van der Waals surface area contributed by atoms with E-state index < -0.39 is 5.97 Å². The Bertz CT molecular complexity index is 704. The van der Waals surface area contributed by atoms with Crippen molar-refractivity contribution < 1.29 is 14.7 Å². The smallest absolute Gasteiger partial charge is 0.348 e. The monoisotopic (exact) mass is 303 g/mol. The van der Waals surface area contributed by atoms with Crippen LogP contribution in [-0.2, 0) is 4.79 Å². The highest BCUT2D eigenvalue weighted by molar-refractivity contribution is 7.18. The van der Waals surface area contributed by atoms with E-state index in [0.717, 1.165) is 16.0 Å². The van der Waals surface area contributed by atoms with Crippen molar-refractivity contribution in [2.75, 3.05) is 5.32 Å². The first-order chi connectivity index (χ1) is 9.92. The van der Waals surface area contributed by atoms with Gasteiger partial charge in [-0.1, -0.05) is 25.1 Å². The number of rotatable bonds is 4. The third-order valence-electron chi connectivity index (χ3n) is 3.31. The van der Waals surface area contributed by atoms with E-state index in [0.29, 0.717) is 12.1 Å². The van der Waals surface area contributed by atoms with Crippen molar-refractivity contribution >= 4 is 28.9 Å². The number of carbonyl (C=O) groups excluding carboxylic acids is 1. The number of hydrogen-bond acceptors (Lipinski definition) is 3. The van der Waals surface area contributed by atoms with Crippen LogP contribution in [-0.4, -0.2) is 17.0 Å². The highest BCUT2D eigenvalue weighted by Crippen LogP contribution is 2.35. The van der Waals surface area contributed by atoms with Gasteiger partial charge in [0.05, 0.1) is 5.69 Å². The number of carboxylic acids is 1. The first-order valence-electron chi connectivity index (χ1n) is 6.67. The van der Waals surface area contributed by atoms with Crippen LogP contribution in [0.25, 0.3) is 10.4 Å². The lowest BCUT2D eigenvalue weighted by Crippen LogP contribution is -2.11. The number of carbonyl (C=O) groups is 2. The Hall–Kier alpha value is -2.14. The first kappa shape index (κ1) is 15.3. The number of thiophene rings is 1. The van der Waals surface area contributed by atoms with Gasteiger partial charge in [-0.2, -0.15) is 0 Å². The molecule has 0 spiro atoms. The molecular formula is C16H17NO3S. The van der Waals surface area contributed by atoms with E-state index in [4.69, 9.17) is 0 Å². The second-order valence-electron chi connectivity index (χ2n) is 4.86. The van der Waals surface area contributed by atoms with Gasteiger partial charge < -0.3 is 10.4 Å². The Balaban J connectivity index is 2.45. The SMILES string of the molecule is CCC(=O)Nc1cc(-c2ccc(C)c(C)c2)sc1C(=O)O. The molecule has 0 aliphatic rings. The van der Waals surface area contributed by atoms with E-state index in [-0.39, 0.29) is 10.8 Å². The molecule has 21 heavy (non-hydrogen) atoms. The van der Waals surface area contributed by atoms with E-state index >= 15 is 0 Å². The van der Waals surface area contributed by atoms with Crippen LogP contribution in [0.5, 0.6) is 0 Å². The lowest BCUT2D eigenvalue weighted by molar-refractivity contribution is -0.115. The van der Waals surface area contributed by atoms with Crippen molar-refractivity contribution in [3.63, 3.8) is 0 Å². The zero-order chi connectivity index (χ0) is 15.6. The Morgan fingerprint density at radius 3 is 2.48 bits per heavy atom. The van der Waals surface area contributed by atoms with Crippen LogP contribution < -0.4 is 5.32 Å². The maximum atomic E-state index is 11.5. The molecule has 2 rings (SSSR count). The molecule has 5 heteroatoms. The van der Waals surface area contributed by atoms with Crippen LogP contribution in [0.3, 0.4) is 0 Å². The van der Waals surface area contributed by atoms with E-state index in [9.17, 15) is 14.7 Å². The van der Waals surface area contributed by atoms with Gasteiger partial charge in [0.25, 0.3) is 0 Å². The summed E-state index contributed by atoms with van der Waals surface area (Å²) >= 11 is 1.17. The Morgan fingerprint density at radius 1 is 1.19 bits per heavy atom. The molecule has 110 valence electrons. The predicted molar refractivity (Wildman–Crippen MR) is 85.1 cm³/mol. The third-order valence-corrected chi connectivity index (χ3v) is 4.49. The topological polar surface area (TPSA) is 66.4 Å². The Kier molecular flexibility index (Phi) is 4.43. The maximum absolute atomic E-state index is 11.5. The van der Waals surface area contributed by atoms with Crippen molar-refractivity contribution in [3.8, 4) is 10.4 Å². The van der Waals surface area contributed by atoms with Crippen LogP contribution in [0.1, 0.15) is 34.1 Å². The lowest BCUT2D eigenvalue weighted by atomic mass is 10.1. The zero-order valence-electron chi connectivity index (χ0n) is 12.2. The molecule has 1 amide bonds.